The first-order valence-electron chi connectivity index (χ1n) is 7.76. The van der Waals surface area contributed by atoms with E-state index in [1.165, 1.54) is 30.6 Å². The van der Waals surface area contributed by atoms with E-state index in [0.717, 1.165) is 0 Å². The fraction of sp³-hybridized carbons (Fsp3) is 0.0556. The molecule has 6 N–H and O–H groups in total. The minimum Gasteiger partial charge on any atom is -0.384 e. The van der Waals surface area contributed by atoms with E-state index in [0.29, 0.717) is 21.4 Å². The lowest BCUT2D eigenvalue weighted by Gasteiger charge is -2.11. The lowest BCUT2D eigenvalue weighted by molar-refractivity contribution is 0.101. The maximum atomic E-state index is 14.1. The van der Waals surface area contributed by atoms with Crippen molar-refractivity contribution in [2.45, 2.75) is 6.54 Å². The van der Waals surface area contributed by atoms with Crippen LogP contribution in [0, 0.1) is 5.82 Å². The fourth-order valence-electron chi connectivity index (χ4n) is 2.02. The molecule has 0 atom stereocenters. The number of allylic oxidation sites excluding steroid dienone is 3. The van der Waals surface area contributed by atoms with Gasteiger partial charge < -0.3 is 22.1 Å². The maximum absolute atomic E-state index is 14.1. The number of aromatic nitrogens is 2. The summed E-state index contributed by atoms with van der Waals surface area (Å²) in [4.78, 5) is 20.0. The summed E-state index contributed by atoms with van der Waals surface area (Å²) in [5, 5.41) is 5.57. The van der Waals surface area contributed by atoms with Crippen molar-refractivity contribution in [2.24, 2.45) is 11.5 Å². The van der Waals surface area contributed by atoms with Gasteiger partial charge in [0.15, 0.2) is 0 Å². The minimum absolute atomic E-state index is 0.00196. The summed E-state index contributed by atoms with van der Waals surface area (Å²) in [7, 11) is 0. The van der Waals surface area contributed by atoms with Gasteiger partial charge in [0.25, 0.3) is 5.91 Å². The topological polar surface area (TPSA) is 119 Å². The van der Waals surface area contributed by atoms with E-state index in [-0.39, 0.29) is 18.2 Å². The van der Waals surface area contributed by atoms with E-state index in [2.05, 4.69) is 43.1 Å². The molecule has 27 heavy (non-hydrogen) atoms. The van der Waals surface area contributed by atoms with Crippen LogP contribution in [0.25, 0.3) is 0 Å². The molecule has 0 spiro atoms. The highest BCUT2D eigenvalue weighted by Gasteiger charge is 2.11. The number of benzene rings is 1. The highest BCUT2D eigenvalue weighted by atomic mass is 79.9. The summed E-state index contributed by atoms with van der Waals surface area (Å²) in [6.07, 6.45) is 7.75. The van der Waals surface area contributed by atoms with Gasteiger partial charge >= 0.3 is 0 Å². The molecule has 0 saturated heterocycles. The molecule has 0 aliphatic rings. The van der Waals surface area contributed by atoms with Crippen LogP contribution in [-0.2, 0) is 6.54 Å². The van der Waals surface area contributed by atoms with Gasteiger partial charge in [-0.3, -0.25) is 4.79 Å². The van der Waals surface area contributed by atoms with E-state index in [1.807, 2.05) is 0 Å². The third-order valence-electron chi connectivity index (χ3n) is 3.31. The van der Waals surface area contributed by atoms with Gasteiger partial charge in [0.05, 0.1) is 10.2 Å². The number of carbonyl (C=O) groups excluding carboxylic acids is 1. The third kappa shape index (κ3) is 5.93. The van der Waals surface area contributed by atoms with Crippen LogP contribution < -0.4 is 22.1 Å². The Kier molecular flexibility index (Phi) is 7.07. The molecule has 0 aliphatic carbocycles. The number of amides is 1. The van der Waals surface area contributed by atoms with Crippen LogP contribution in [0.3, 0.4) is 0 Å². The van der Waals surface area contributed by atoms with Crippen LogP contribution in [0.4, 0.5) is 10.1 Å². The molecule has 7 nitrogen and oxygen atoms in total. The Labute approximate surface area is 164 Å². The Morgan fingerprint density at radius 2 is 2.00 bits per heavy atom. The molecule has 0 radical (unpaired) electrons. The third-order valence-corrected chi connectivity index (χ3v) is 3.72. The van der Waals surface area contributed by atoms with Gasteiger partial charge in [-0.1, -0.05) is 18.7 Å². The first-order valence-corrected chi connectivity index (χ1v) is 8.55. The summed E-state index contributed by atoms with van der Waals surface area (Å²) in [5.74, 6) is -0.889. The second-order valence-electron chi connectivity index (χ2n) is 5.30. The molecule has 0 bridgehead atoms. The van der Waals surface area contributed by atoms with Crippen molar-refractivity contribution in [3.63, 3.8) is 0 Å². The number of nitrogens with one attached hydrogen (secondary N) is 2. The van der Waals surface area contributed by atoms with Crippen LogP contribution >= 0.6 is 15.9 Å². The molecule has 2 aromatic rings. The molecule has 0 saturated carbocycles. The van der Waals surface area contributed by atoms with Crippen LogP contribution in [0.5, 0.6) is 0 Å². The molecule has 0 unspecified atom stereocenters. The Bertz CT molecular complexity index is 891. The Morgan fingerprint density at radius 1 is 1.30 bits per heavy atom. The van der Waals surface area contributed by atoms with Gasteiger partial charge in [-0.2, -0.15) is 0 Å². The molecule has 2 rings (SSSR count). The molecule has 1 aromatic carbocycles. The molecular weight excluding hydrogens is 415 g/mol. The molecule has 1 aromatic heterocycles. The average molecular weight is 433 g/mol. The van der Waals surface area contributed by atoms with E-state index in [4.69, 9.17) is 11.5 Å². The van der Waals surface area contributed by atoms with Crippen LogP contribution in [-0.4, -0.2) is 15.9 Å². The Morgan fingerprint density at radius 3 is 2.63 bits per heavy atom. The maximum Gasteiger partial charge on any atom is 0.293 e. The minimum atomic E-state index is -0.506. The summed E-state index contributed by atoms with van der Waals surface area (Å²) in [5.41, 5.74) is 12.3. The molecule has 9 heteroatoms. The second-order valence-corrected chi connectivity index (χ2v) is 6.22. The number of nitrogens with zero attached hydrogens (tertiary/aromatic N) is 2. The smallest absolute Gasteiger partial charge is 0.293 e. The quantitative estimate of drug-likeness (QED) is 0.499. The number of carbonyl (C=O) groups is 1. The van der Waals surface area contributed by atoms with Crippen LogP contribution in [0.2, 0.25) is 0 Å². The zero-order valence-electron chi connectivity index (χ0n) is 14.2. The van der Waals surface area contributed by atoms with E-state index >= 15 is 0 Å². The van der Waals surface area contributed by atoms with Crippen molar-refractivity contribution in [1.82, 2.24) is 15.3 Å². The van der Waals surface area contributed by atoms with E-state index in [1.54, 1.807) is 18.2 Å². The monoisotopic (exact) mass is 432 g/mol. The largest absolute Gasteiger partial charge is 0.384 e. The molecule has 0 fully saturated rings. The number of hydrogen-bond donors (Lipinski definition) is 4. The zero-order chi connectivity index (χ0) is 19.8. The molecule has 140 valence electrons. The van der Waals surface area contributed by atoms with Gasteiger partial charge in [-0.15, -0.1) is 0 Å². The van der Waals surface area contributed by atoms with E-state index < -0.39 is 11.7 Å². The SMILES string of the molecule is C=C/C=C\C(NCc1cc(NC(=O)c2ncc(Br)cn2)ccc1F)=C(N)N. The van der Waals surface area contributed by atoms with Gasteiger partial charge in [0, 0.05) is 30.2 Å². The van der Waals surface area contributed by atoms with E-state index in [9.17, 15) is 9.18 Å². The number of nitrogens with two attached hydrogens (primary N) is 2. The standard InChI is InChI=1S/C18H18BrFN6O/c1-2-3-4-15(16(21)22)23-8-11-7-13(5-6-14(11)20)26-18(27)17-24-9-12(19)10-25-17/h2-7,9-10,23H,1,8,21-22H2,(H,26,27)/b4-3-. The van der Waals surface area contributed by atoms with Gasteiger partial charge in [0.1, 0.15) is 11.6 Å². The van der Waals surface area contributed by atoms with Crippen molar-refractivity contribution in [3.8, 4) is 0 Å². The van der Waals surface area contributed by atoms with Crippen molar-refractivity contribution < 1.29 is 9.18 Å². The Hall–Kier alpha value is -3.20. The molecule has 1 heterocycles. The first kappa shape index (κ1) is 20.1. The highest BCUT2D eigenvalue weighted by molar-refractivity contribution is 9.10. The van der Waals surface area contributed by atoms with Crippen molar-refractivity contribution in [1.29, 1.82) is 0 Å². The highest BCUT2D eigenvalue weighted by Crippen LogP contribution is 2.16. The lowest BCUT2D eigenvalue weighted by atomic mass is 10.1. The summed E-state index contributed by atoms with van der Waals surface area (Å²) in [6, 6.07) is 4.20. The fourth-order valence-corrected chi connectivity index (χ4v) is 2.22. The summed E-state index contributed by atoms with van der Waals surface area (Å²) in [6.45, 7) is 3.67. The lowest BCUT2D eigenvalue weighted by Crippen LogP contribution is -2.22. The number of halogens is 2. The van der Waals surface area contributed by atoms with Gasteiger partial charge in [-0.25, -0.2) is 14.4 Å². The number of anilines is 1. The average Bonchev–Trinajstić information content (AvgIpc) is 2.64. The molecule has 1 amide bonds. The molecular formula is C18H18BrFN6O. The number of hydrogen-bond acceptors (Lipinski definition) is 6. The van der Waals surface area contributed by atoms with Crippen LogP contribution in [0.15, 0.2) is 71.4 Å². The second kappa shape index (κ2) is 9.48. The summed E-state index contributed by atoms with van der Waals surface area (Å²) < 4.78 is 14.7. The Balaban J connectivity index is 2.12. The predicted molar refractivity (Wildman–Crippen MR) is 106 cm³/mol. The number of rotatable bonds is 7. The normalized spacial score (nSPS) is 10.4. The molecule has 0 aliphatic heterocycles. The predicted octanol–water partition coefficient (Wildman–Crippen LogP) is 2.55. The van der Waals surface area contributed by atoms with Crippen molar-refractivity contribution >= 4 is 27.5 Å². The van der Waals surface area contributed by atoms with Crippen LogP contribution in [0.1, 0.15) is 16.2 Å². The van der Waals surface area contributed by atoms with Crippen molar-refractivity contribution in [3.05, 3.63) is 88.6 Å². The van der Waals surface area contributed by atoms with Crippen molar-refractivity contribution in [2.75, 3.05) is 5.32 Å². The van der Waals surface area contributed by atoms with Gasteiger partial charge in [0.2, 0.25) is 5.82 Å². The summed E-state index contributed by atoms with van der Waals surface area (Å²) >= 11 is 3.20. The zero-order valence-corrected chi connectivity index (χ0v) is 15.8. The van der Waals surface area contributed by atoms with Gasteiger partial charge in [-0.05, 0) is 40.2 Å². The first-order chi connectivity index (χ1) is 12.9.